The Bertz CT molecular complexity index is 738. The number of nitrogens with one attached hydrogen (secondary N) is 1. The lowest BCUT2D eigenvalue weighted by atomic mass is 9.96. The number of benzene rings is 1. The normalized spacial score (nSPS) is 16.5. The standard InChI is InChI=1S/C17H21N5O2/c1-3-4-8-11-24-16(23)14-12(2)18-17-19-20-21-22(17)15(14)13-9-6-5-7-10-13/h5-7,9-10,15H,3-4,8,11H2,1-2H3,(H,18,19,21)/t15-/m0/s1. The predicted molar refractivity (Wildman–Crippen MR) is 89.2 cm³/mol. The molecular formula is C17H21N5O2. The van der Waals surface area contributed by atoms with Crippen LogP contribution in [0.2, 0.25) is 0 Å². The van der Waals surface area contributed by atoms with Gasteiger partial charge in [-0.2, -0.15) is 4.68 Å². The van der Waals surface area contributed by atoms with Gasteiger partial charge in [0.1, 0.15) is 6.04 Å². The second kappa shape index (κ2) is 7.25. The van der Waals surface area contributed by atoms with E-state index in [4.69, 9.17) is 4.74 Å². The monoisotopic (exact) mass is 327 g/mol. The van der Waals surface area contributed by atoms with Gasteiger partial charge >= 0.3 is 5.97 Å². The van der Waals surface area contributed by atoms with Gasteiger partial charge in [0.05, 0.1) is 12.2 Å². The molecule has 3 rings (SSSR count). The largest absolute Gasteiger partial charge is 0.462 e. The molecule has 7 nitrogen and oxygen atoms in total. The fraction of sp³-hybridized carbons (Fsp3) is 0.412. The van der Waals surface area contributed by atoms with Gasteiger partial charge in [0.2, 0.25) is 5.95 Å². The zero-order chi connectivity index (χ0) is 16.9. The molecule has 1 aliphatic rings. The van der Waals surface area contributed by atoms with E-state index in [1.165, 1.54) is 0 Å². The van der Waals surface area contributed by atoms with E-state index in [-0.39, 0.29) is 5.97 Å². The van der Waals surface area contributed by atoms with Crippen molar-refractivity contribution < 1.29 is 9.53 Å². The van der Waals surface area contributed by atoms with Gasteiger partial charge in [-0.3, -0.25) is 0 Å². The minimum atomic E-state index is -0.392. The Morgan fingerprint density at radius 1 is 1.29 bits per heavy atom. The van der Waals surface area contributed by atoms with Gasteiger partial charge in [0.15, 0.2) is 0 Å². The summed E-state index contributed by atoms with van der Waals surface area (Å²) in [5.41, 5.74) is 2.19. The van der Waals surface area contributed by atoms with Crippen LogP contribution in [-0.2, 0) is 9.53 Å². The van der Waals surface area contributed by atoms with Gasteiger partial charge in [-0.15, -0.1) is 0 Å². The maximum Gasteiger partial charge on any atom is 0.338 e. The summed E-state index contributed by atoms with van der Waals surface area (Å²) in [6, 6.07) is 9.32. The van der Waals surface area contributed by atoms with Crippen molar-refractivity contribution in [2.24, 2.45) is 0 Å². The topological polar surface area (TPSA) is 81.9 Å². The smallest absolute Gasteiger partial charge is 0.338 e. The molecule has 0 unspecified atom stereocenters. The molecule has 0 bridgehead atoms. The molecule has 0 fully saturated rings. The first kappa shape index (κ1) is 16.2. The Morgan fingerprint density at radius 3 is 2.83 bits per heavy atom. The molecule has 1 atom stereocenters. The lowest BCUT2D eigenvalue weighted by molar-refractivity contribution is -0.139. The summed E-state index contributed by atoms with van der Waals surface area (Å²) < 4.78 is 7.09. The zero-order valence-electron chi connectivity index (χ0n) is 13.9. The SMILES string of the molecule is CCCCCOC(=O)C1=C(C)Nc2nnnn2[C@H]1c1ccccc1. The highest BCUT2D eigenvalue weighted by Gasteiger charge is 2.34. The molecule has 0 saturated heterocycles. The van der Waals surface area contributed by atoms with Gasteiger partial charge in [-0.05, 0) is 29.3 Å². The minimum Gasteiger partial charge on any atom is -0.462 e. The number of nitrogens with zero attached hydrogens (tertiary/aromatic N) is 4. The Balaban J connectivity index is 1.91. The highest BCUT2D eigenvalue weighted by Crippen LogP contribution is 2.34. The summed E-state index contributed by atoms with van der Waals surface area (Å²) in [7, 11) is 0. The van der Waals surface area contributed by atoms with Crippen molar-refractivity contribution >= 4 is 11.9 Å². The van der Waals surface area contributed by atoms with Gasteiger partial charge in [-0.25, -0.2) is 4.79 Å². The van der Waals surface area contributed by atoms with Gasteiger partial charge in [0, 0.05) is 5.70 Å². The van der Waals surface area contributed by atoms with E-state index >= 15 is 0 Å². The van der Waals surface area contributed by atoms with Gasteiger partial charge in [-0.1, -0.05) is 55.2 Å². The predicted octanol–water partition coefficient (Wildman–Crippen LogP) is 2.70. The number of ether oxygens (including phenoxy) is 1. The number of hydrogen-bond acceptors (Lipinski definition) is 6. The number of aromatic nitrogens is 4. The van der Waals surface area contributed by atoms with Crippen molar-refractivity contribution in [3.05, 3.63) is 47.2 Å². The Labute approximate surface area is 140 Å². The number of hydrogen-bond donors (Lipinski definition) is 1. The molecule has 2 aromatic rings. The van der Waals surface area contributed by atoms with Crippen molar-refractivity contribution in [2.45, 2.75) is 39.2 Å². The van der Waals surface area contributed by atoms with E-state index in [9.17, 15) is 4.79 Å². The second-order valence-corrected chi connectivity index (χ2v) is 5.77. The van der Waals surface area contributed by atoms with Crippen LogP contribution >= 0.6 is 0 Å². The first-order chi connectivity index (χ1) is 11.7. The van der Waals surface area contributed by atoms with E-state index in [2.05, 4.69) is 27.8 Å². The van der Waals surface area contributed by atoms with Crippen LogP contribution in [0.15, 0.2) is 41.6 Å². The molecule has 0 radical (unpaired) electrons. The summed E-state index contributed by atoms with van der Waals surface area (Å²) in [4.78, 5) is 12.7. The van der Waals surface area contributed by atoms with E-state index in [1.54, 1.807) is 4.68 Å². The summed E-state index contributed by atoms with van der Waals surface area (Å²) in [5.74, 6) is 0.190. The summed E-state index contributed by atoms with van der Waals surface area (Å²) in [6.45, 7) is 4.38. The molecule has 1 aromatic heterocycles. The molecule has 7 heteroatoms. The third-order valence-electron chi connectivity index (χ3n) is 4.03. The first-order valence-corrected chi connectivity index (χ1v) is 8.20. The van der Waals surface area contributed by atoms with Crippen LogP contribution in [0.5, 0.6) is 0 Å². The number of carbonyl (C=O) groups excluding carboxylic acids is 1. The van der Waals surface area contributed by atoms with Crippen molar-refractivity contribution in [1.29, 1.82) is 0 Å². The molecule has 1 aliphatic heterocycles. The summed E-state index contributed by atoms with van der Waals surface area (Å²) in [5, 5.41) is 14.8. The molecule has 126 valence electrons. The lowest BCUT2D eigenvalue weighted by Crippen LogP contribution is -2.29. The molecular weight excluding hydrogens is 306 g/mol. The van der Waals surface area contributed by atoms with Crippen LogP contribution in [0, 0.1) is 0 Å². The number of unbranched alkanes of at least 4 members (excludes halogenated alkanes) is 2. The highest BCUT2D eigenvalue weighted by molar-refractivity contribution is 5.92. The average Bonchev–Trinajstić information content (AvgIpc) is 3.06. The van der Waals surface area contributed by atoms with Crippen LogP contribution in [0.1, 0.15) is 44.7 Å². The van der Waals surface area contributed by atoms with Crippen LogP contribution in [0.3, 0.4) is 0 Å². The Morgan fingerprint density at radius 2 is 2.08 bits per heavy atom. The van der Waals surface area contributed by atoms with E-state index in [0.29, 0.717) is 23.8 Å². The van der Waals surface area contributed by atoms with E-state index < -0.39 is 6.04 Å². The molecule has 24 heavy (non-hydrogen) atoms. The molecule has 0 spiro atoms. The fourth-order valence-electron chi connectivity index (χ4n) is 2.81. The van der Waals surface area contributed by atoms with Crippen molar-refractivity contribution in [1.82, 2.24) is 20.2 Å². The molecule has 1 N–H and O–H groups in total. The van der Waals surface area contributed by atoms with Crippen molar-refractivity contribution in [3.8, 4) is 0 Å². The third kappa shape index (κ3) is 3.15. The lowest BCUT2D eigenvalue weighted by Gasteiger charge is -2.27. The molecule has 1 aromatic carbocycles. The first-order valence-electron chi connectivity index (χ1n) is 8.20. The Kier molecular flexibility index (Phi) is 4.88. The highest BCUT2D eigenvalue weighted by atomic mass is 16.5. The average molecular weight is 327 g/mol. The van der Waals surface area contributed by atoms with Crippen molar-refractivity contribution in [3.63, 3.8) is 0 Å². The number of esters is 1. The maximum atomic E-state index is 12.7. The Hall–Kier alpha value is -2.70. The van der Waals surface area contributed by atoms with Crippen LogP contribution < -0.4 is 5.32 Å². The summed E-state index contributed by atoms with van der Waals surface area (Å²) in [6.07, 6.45) is 3.00. The number of allylic oxidation sites excluding steroid dienone is 1. The van der Waals surface area contributed by atoms with E-state index in [0.717, 1.165) is 24.8 Å². The molecule has 0 saturated carbocycles. The second-order valence-electron chi connectivity index (χ2n) is 5.77. The minimum absolute atomic E-state index is 0.328. The van der Waals surface area contributed by atoms with Crippen LogP contribution in [0.25, 0.3) is 0 Å². The van der Waals surface area contributed by atoms with Crippen LogP contribution in [0.4, 0.5) is 5.95 Å². The van der Waals surface area contributed by atoms with Gasteiger partial charge in [0.25, 0.3) is 0 Å². The third-order valence-corrected chi connectivity index (χ3v) is 4.03. The quantitative estimate of drug-likeness (QED) is 0.649. The number of rotatable bonds is 6. The molecule has 0 amide bonds. The molecule has 0 aliphatic carbocycles. The van der Waals surface area contributed by atoms with E-state index in [1.807, 2.05) is 37.3 Å². The number of anilines is 1. The van der Waals surface area contributed by atoms with Crippen LogP contribution in [-0.4, -0.2) is 32.8 Å². The van der Waals surface area contributed by atoms with Gasteiger partial charge < -0.3 is 10.1 Å². The maximum absolute atomic E-state index is 12.7. The molecule has 2 heterocycles. The number of tetrazole rings is 1. The zero-order valence-corrected chi connectivity index (χ0v) is 13.9. The fourth-order valence-corrected chi connectivity index (χ4v) is 2.81. The number of fused-ring (bicyclic) bond motifs is 1. The van der Waals surface area contributed by atoms with Crippen molar-refractivity contribution in [2.75, 3.05) is 11.9 Å². The summed E-state index contributed by atoms with van der Waals surface area (Å²) >= 11 is 0. The number of carbonyl (C=O) groups is 1.